The van der Waals surface area contributed by atoms with Crippen LogP contribution in [0.1, 0.15) is 11.4 Å². The van der Waals surface area contributed by atoms with E-state index in [0.717, 1.165) is 16.1 Å². The second-order valence-electron chi connectivity index (χ2n) is 6.80. The van der Waals surface area contributed by atoms with Crippen molar-refractivity contribution in [3.8, 4) is 0 Å². The maximum atomic E-state index is 12.5. The van der Waals surface area contributed by atoms with Crippen LogP contribution in [0.5, 0.6) is 0 Å². The molecule has 3 N–H and O–H groups in total. The molecule has 2 aromatic heterocycles. The quantitative estimate of drug-likeness (QED) is 0.546. The van der Waals surface area contributed by atoms with Gasteiger partial charge in [-0.1, -0.05) is 30.0 Å². The lowest BCUT2D eigenvalue weighted by molar-refractivity contribution is 0.773. The van der Waals surface area contributed by atoms with Crippen LogP contribution in [0.2, 0.25) is 0 Å². The number of aromatic nitrogens is 4. The first-order chi connectivity index (χ1) is 13.5. The Hall–Kier alpha value is -3.26. The number of nitrogens with zero attached hydrogens (tertiary/aromatic N) is 4. The second kappa shape index (κ2) is 6.13. The molecule has 7 nitrogen and oxygen atoms in total. The first-order valence-corrected chi connectivity index (χ1v) is 9.69. The fraction of sp³-hybridized carbons (Fsp3) is 0.150. The zero-order valence-corrected chi connectivity index (χ0v) is 16.2. The summed E-state index contributed by atoms with van der Waals surface area (Å²) >= 11 is 1.74. The molecule has 3 heterocycles. The number of hydrogen-bond donors (Lipinski definition) is 2. The van der Waals surface area contributed by atoms with Gasteiger partial charge < -0.3 is 15.6 Å². The fourth-order valence-electron chi connectivity index (χ4n) is 3.58. The molecule has 0 amide bonds. The molecule has 1 aliphatic heterocycles. The predicted octanol–water partition coefficient (Wildman–Crippen LogP) is 3.29. The molecule has 140 valence electrons. The summed E-state index contributed by atoms with van der Waals surface area (Å²) in [6.45, 7) is 2.17. The molecule has 28 heavy (non-hydrogen) atoms. The number of hydrogen-bond acceptors (Lipinski definition) is 6. The van der Waals surface area contributed by atoms with Gasteiger partial charge in [-0.3, -0.25) is 4.57 Å². The van der Waals surface area contributed by atoms with Gasteiger partial charge in [0.15, 0.2) is 11.5 Å². The van der Waals surface area contributed by atoms with Crippen molar-refractivity contribution in [1.82, 2.24) is 19.5 Å². The molecule has 2 aromatic carbocycles. The van der Waals surface area contributed by atoms with Crippen LogP contribution in [0.15, 0.2) is 57.1 Å². The van der Waals surface area contributed by atoms with Crippen LogP contribution in [0.4, 0.5) is 17.2 Å². The highest BCUT2D eigenvalue weighted by molar-refractivity contribution is 7.99. The van der Waals surface area contributed by atoms with E-state index in [1.807, 2.05) is 18.2 Å². The molecule has 4 aromatic rings. The highest BCUT2D eigenvalue weighted by Crippen LogP contribution is 2.47. The van der Waals surface area contributed by atoms with Gasteiger partial charge in [0.05, 0.1) is 17.9 Å². The van der Waals surface area contributed by atoms with Gasteiger partial charge in [0, 0.05) is 16.8 Å². The number of fused-ring (bicyclic) bond motifs is 3. The molecule has 8 heteroatoms. The minimum absolute atomic E-state index is 0.241. The van der Waals surface area contributed by atoms with Crippen molar-refractivity contribution < 1.29 is 0 Å². The van der Waals surface area contributed by atoms with Crippen molar-refractivity contribution in [1.29, 1.82) is 0 Å². The molecule has 0 atom stereocenters. The lowest BCUT2D eigenvalue weighted by Crippen LogP contribution is -2.18. The average Bonchev–Trinajstić information content (AvgIpc) is 2.98. The zero-order chi connectivity index (χ0) is 19.4. The molecule has 0 bridgehead atoms. The first kappa shape index (κ1) is 16.9. The summed E-state index contributed by atoms with van der Waals surface area (Å²) in [5.41, 5.74) is 10.1. The Labute approximate surface area is 165 Å². The van der Waals surface area contributed by atoms with Gasteiger partial charge in [0.25, 0.3) is 0 Å². The van der Waals surface area contributed by atoms with E-state index in [1.54, 1.807) is 23.3 Å². The number of H-pyrrole nitrogens is 1. The summed E-state index contributed by atoms with van der Waals surface area (Å²) < 4.78 is 1.60. The van der Waals surface area contributed by atoms with Crippen molar-refractivity contribution in [2.45, 2.75) is 23.3 Å². The molecule has 0 spiro atoms. The predicted molar refractivity (Wildman–Crippen MR) is 111 cm³/mol. The Morgan fingerprint density at radius 1 is 1.11 bits per heavy atom. The number of anilines is 3. The van der Waals surface area contributed by atoms with Crippen LogP contribution in [-0.4, -0.2) is 26.6 Å². The molecule has 1 aliphatic rings. The summed E-state index contributed by atoms with van der Waals surface area (Å²) in [5, 5.41) is 0. The summed E-state index contributed by atoms with van der Waals surface area (Å²) in [7, 11) is 2.07. The molecule has 5 rings (SSSR count). The van der Waals surface area contributed by atoms with Gasteiger partial charge in [-0.15, -0.1) is 0 Å². The normalized spacial score (nSPS) is 12.9. The third kappa shape index (κ3) is 2.56. The monoisotopic (exact) mass is 390 g/mol. The summed E-state index contributed by atoms with van der Waals surface area (Å²) in [4.78, 5) is 28.4. The van der Waals surface area contributed by atoms with Crippen LogP contribution in [-0.2, 0) is 6.54 Å². The van der Waals surface area contributed by atoms with Crippen molar-refractivity contribution >= 4 is 40.1 Å². The molecule has 0 radical (unpaired) electrons. The second-order valence-corrected chi connectivity index (χ2v) is 7.89. The third-order valence-corrected chi connectivity index (χ3v) is 6.05. The first-order valence-electron chi connectivity index (χ1n) is 8.87. The van der Waals surface area contributed by atoms with Gasteiger partial charge in [0.2, 0.25) is 0 Å². The SMILES string of the molecule is Cc1nc(N)c2[nH]c(=O)n(Cc3ccc4c(c3)Sc3ccccc3N4C)c2n1. The van der Waals surface area contributed by atoms with Crippen molar-refractivity contribution in [3.63, 3.8) is 0 Å². The fourth-order valence-corrected chi connectivity index (χ4v) is 4.79. The number of aromatic amines is 1. The average molecular weight is 390 g/mol. The minimum Gasteiger partial charge on any atom is -0.382 e. The van der Waals surface area contributed by atoms with Gasteiger partial charge >= 0.3 is 5.69 Å². The van der Waals surface area contributed by atoms with E-state index in [-0.39, 0.29) is 11.5 Å². The number of nitrogens with two attached hydrogens (primary N) is 1. The maximum absolute atomic E-state index is 12.5. The van der Waals surface area contributed by atoms with Gasteiger partial charge in [-0.2, -0.15) is 0 Å². The highest BCUT2D eigenvalue weighted by atomic mass is 32.2. The minimum atomic E-state index is -0.241. The van der Waals surface area contributed by atoms with E-state index < -0.39 is 0 Å². The Kier molecular flexibility index (Phi) is 3.70. The molecule has 0 saturated heterocycles. The topological polar surface area (TPSA) is 92.8 Å². The number of nitrogen functional groups attached to an aromatic ring is 1. The number of para-hydroxylation sites is 1. The molecule has 0 unspecified atom stereocenters. The third-order valence-electron chi connectivity index (χ3n) is 4.94. The van der Waals surface area contributed by atoms with E-state index in [1.165, 1.54) is 10.6 Å². The van der Waals surface area contributed by atoms with Crippen LogP contribution in [0.3, 0.4) is 0 Å². The van der Waals surface area contributed by atoms with Crippen molar-refractivity contribution in [2.75, 3.05) is 17.7 Å². The lowest BCUT2D eigenvalue weighted by atomic mass is 10.1. The Morgan fingerprint density at radius 2 is 1.89 bits per heavy atom. The molecule has 0 aliphatic carbocycles. The van der Waals surface area contributed by atoms with E-state index in [4.69, 9.17) is 5.73 Å². The number of aryl methyl sites for hydroxylation is 1. The summed E-state index contributed by atoms with van der Waals surface area (Å²) in [6, 6.07) is 14.6. The Bertz CT molecular complexity index is 1290. The van der Waals surface area contributed by atoms with E-state index in [2.05, 4.69) is 51.2 Å². The lowest BCUT2D eigenvalue weighted by Gasteiger charge is -2.29. The smallest absolute Gasteiger partial charge is 0.328 e. The van der Waals surface area contributed by atoms with Gasteiger partial charge in [-0.05, 0) is 36.8 Å². The number of rotatable bonds is 2. The summed E-state index contributed by atoms with van der Waals surface area (Å²) in [5.74, 6) is 0.828. The van der Waals surface area contributed by atoms with E-state index in [9.17, 15) is 4.79 Å². The number of benzene rings is 2. The number of imidazole rings is 1. The van der Waals surface area contributed by atoms with E-state index >= 15 is 0 Å². The Balaban J connectivity index is 1.56. The highest BCUT2D eigenvalue weighted by Gasteiger charge is 2.21. The van der Waals surface area contributed by atoms with Crippen LogP contribution in [0.25, 0.3) is 11.2 Å². The van der Waals surface area contributed by atoms with Crippen LogP contribution >= 0.6 is 11.8 Å². The maximum Gasteiger partial charge on any atom is 0.328 e. The largest absolute Gasteiger partial charge is 0.382 e. The molecule has 0 saturated carbocycles. The van der Waals surface area contributed by atoms with E-state index in [0.29, 0.717) is 23.5 Å². The standard InChI is InChI=1S/C20H18N6OS/c1-11-22-18(21)17-19(23-11)26(20(27)24-17)10-12-7-8-14-16(9-12)28-15-6-4-3-5-13(15)25(14)2/h3-9H,10H2,1-2H3,(H,24,27)(H2,21,22,23). The Morgan fingerprint density at radius 3 is 2.75 bits per heavy atom. The molecular formula is C20H18N6OS. The van der Waals surface area contributed by atoms with Gasteiger partial charge in [0.1, 0.15) is 11.3 Å². The van der Waals surface area contributed by atoms with Crippen LogP contribution in [0, 0.1) is 6.92 Å². The summed E-state index contributed by atoms with van der Waals surface area (Å²) in [6.07, 6.45) is 0. The van der Waals surface area contributed by atoms with Gasteiger partial charge in [-0.25, -0.2) is 14.8 Å². The van der Waals surface area contributed by atoms with Crippen LogP contribution < -0.4 is 16.3 Å². The molecule has 0 fully saturated rings. The van der Waals surface area contributed by atoms with Crippen molar-refractivity contribution in [2.24, 2.45) is 0 Å². The van der Waals surface area contributed by atoms with Crippen molar-refractivity contribution in [3.05, 3.63) is 64.3 Å². The zero-order valence-electron chi connectivity index (χ0n) is 15.4. The molecular weight excluding hydrogens is 372 g/mol. The number of nitrogens with one attached hydrogen (secondary N) is 1.